The molecule has 5 nitrogen and oxygen atoms in total. The van der Waals surface area contributed by atoms with Crippen LogP contribution in [-0.2, 0) is 6.54 Å². The van der Waals surface area contributed by atoms with E-state index in [1.807, 2.05) is 91.0 Å². The van der Waals surface area contributed by atoms with E-state index in [1.54, 1.807) is 0 Å². The minimum atomic E-state index is -0.154. The summed E-state index contributed by atoms with van der Waals surface area (Å²) in [5.74, 6) is 0.866. The molecule has 0 atom stereocenters. The van der Waals surface area contributed by atoms with Gasteiger partial charge in [-0.05, 0) is 59.7 Å². The zero-order valence-electron chi connectivity index (χ0n) is 20.6. The third-order valence-electron chi connectivity index (χ3n) is 6.65. The Bertz CT molecular complexity index is 1630. The first-order chi connectivity index (χ1) is 18.6. The highest BCUT2D eigenvalue weighted by Crippen LogP contribution is 2.24. The summed E-state index contributed by atoms with van der Waals surface area (Å²) in [5, 5.41) is 4.68. The highest BCUT2D eigenvalue weighted by Gasteiger charge is 2.19. The van der Waals surface area contributed by atoms with Crippen molar-refractivity contribution in [3.63, 3.8) is 0 Å². The number of nitrogens with zero attached hydrogens (tertiary/aromatic N) is 3. The third-order valence-corrected chi connectivity index (χ3v) is 6.90. The van der Waals surface area contributed by atoms with Crippen LogP contribution in [0.25, 0.3) is 22.0 Å². The maximum absolute atomic E-state index is 12.9. The Morgan fingerprint density at radius 2 is 1.55 bits per heavy atom. The van der Waals surface area contributed by atoms with Gasteiger partial charge in [0.1, 0.15) is 5.84 Å². The number of aliphatic imine (C=N–C) groups is 1. The van der Waals surface area contributed by atoms with Gasteiger partial charge in [0, 0.05) is 33.8 Å². The van der Waals surface area contributed by atoms with Crippen LogP contribution in [0.2, 0.25) is 5.02 Å². The van der Waals surface area contributed by atoms with Gasteiger partial charge in [0.15, 0.2) is 0 Å². The Hall–Kier alpha value is -4.48. The molecule has 0 spiro atoms. The number of carbonyl (C=O) groups is 1. The second-order valence-corrected chi connectivity index (χ2v) is 9.68. The maximum atomic E-state index is 12.9. The van der Waals surface area contributed by atoms with Gasteiger partial charge in [0.2, 0.25) is 0 Å². The lowest BCUT2D eigenvalue weighted by atomic mass is 10.0. The highest BCUT2D eigenvalue weighted by atomic mass is 35.5. The Labute approximate surface area is 226 Å². The largest absolute Gasteiger partial charge is 0.349 e. The number of halogens is 1. The van der Waals surface area contributed by atoms with Gasteiger partial charge in [-0.25, -0.2) is 0 Å². The topological polar surface area (TPSA) is 57.6 Å². The van der Waals surface area contributed by atoms with Gasteiger partial charge in [-0.2, -0.15) is 0 Å². The molecule has 1 N–H and O–H groups in total. The Kier molecular flexibility index (Phi) is 6.59. The van der Waals surface area contributed by atoms with E-state index in [0.29, 0.717) is 17.1 Å². The molecule has 1 amide bonds. The van der Waals surface area contributed by atoms with E-state index in [0.717, 1.165) is 57.9 Å². The number of anilines is 1. The molecule has 0 bridgehead atoms. The predicted molar refractivity (Wildman–Crippen MR) is 155 cm³/mol. The van der Waals surface area contributed by atoms with E-state index < -0.39 is 0 Å². The van der Waals surface area contributed by atoms with Crippen molar-refractivity contribution in [3.05, 3.63) is 131 Å². The summed E-state index contributed by atoms with van der Waals surface area (Å²) >= 11 is 5.98. The van der Waals surface area contributed by atoms with Crippen LogP contribution >= 0.6 is 11.6 Å². The summed E-state index contributed by atoms with van der Waals surface area (Å²) in [6.07, 6.45) is 0. The Morgan fingerprint density at radius 3 is 2.32 bits per heavy atom. The first-order valence-electron chi connectivity index (χ1n) is 12.5. The summed E-state index contributed by atoms with van der Waals surface area (Å²) in [7, 11) is 0. The molecule has 0 unspecified atom stereocenters. The number of hydrogen-bond acceptors (Lipinski definition) is 4. The van der Waals surface area contributed by atoms with Crippen LogP contribution < -0.4 is 5.32 Å². The Balaban J connectivity index is 1.13. The molecule has 2 heterocycles. The van der Waals surface area contributed by atoms with Crippen LogP contribution in [0, 0.1) is 0 Å². The molecule has 0 fully saturated rings. The zero-order valence-corrected chi connectivity index (χ0v) is 21.4. The molecule has 1 aliphatic heterocycles. The van der Waals surface area contributed by atoms with Gasteiger partial charge in [0.05, 0.1) is 24.3 Å². The molecular weight excluding hydrogens is 492 g/mol. The average Bonchev–Trinajstić information content (AvgIpc) is 3.42. The molecule has 0 aliphatic carbocycles. The number of carbonyl (C=O) groups excluding carboxylic acids is 1. The second-order valence-electron chi connectivity index (χ2n) is 9.24. The van der Waals surface area contributed by atoms with Crippen molar-refractivity contribution in [2.75, 3.05) is 18.4 Å². The number of pyridine rings is 1. The summed E-state index contributed by atoms with van der Waals surface area (Å²) in [6, 6.07) is 35.4. The average molecular weight is 517 g/mol. The number of nitrogens with one attached hydrogen (secondary N) is 1. The van der Waals surface area contributed by atoms with Crippen molar-refractivity contribution in [3.8, 4) is 11.1 Å². The van der Waals surface area contributed by atoms with Crippen molar-refractivity contribution in [2.24, 2.45) is 4.99 Å². The van der Waals surface area contributed by atoms with Crippen molar-refractivity contribution in [1.82, 2.24) is 9.88 Å². The monoisotopic (exact) mass is 516 g/mol. The SMILES string of the molecule is O=C(Nc1ccc2nc(CN3CCN=C3c3ccccc3)ccc2c1)c1ccc(-c2ccc(Cl)cc2)cc1. The van der Waals surface area contributed by atoms with E-state index in [2.05, 4.69) is 28.4 Å². The number of rotatable bonds is 6. The quantitative estimate of drug-likeness (QED) is 0.262. The van der Waals surface area contributed by atoms with Gasteiger partial charge in [-0.15, -0.1) is 0 Å². The second kappa shape index (κ2) is 10.5. The van der Waals surface area contributed by atoms with Crippen LogP contribution in [0.3, 0.4) is 0 Å². The molecule has 0 saturated carbocycles. The van der Waals surface area contributed by atoms with Crippen LogP contribution in [0.5, 0.6) is 0 Å². The molecule has 38 heavy (non-hydrogen) atoms. The number of benzene rings is 4. The van der Waals surface area contributed by atoms with Crippen molar-refractivity contribution in [2.45, 2.75) is 6.54 Å². The van der Waals surface area contributed by atoms with Crippen LogP contribution in [0.4, 0.5) is 5.69 Å². The molecule has 0 radical (unpaired) electrons. The molecule has 1 aliphatic rings. The van der Waals surface area contributed by atoms with E-state index in [9.17, 15) is 4.79 Å². The van der Waals surface area contributed by atoms with E-state index in [4.69, 9.17) is 21.6 Å². The smallest absolute Gasteiger partial charge is 0.255 e. The third kappa shape index (κ3) is 5.15. The number of amides is 1. The first-order valence-corrected chi connectivity index (χ1v) is 12.9. The van der Waals surface area contributed by atoms with Gasteiger partial charge in [-0.3, -0.25) is 14.8 Å². The summed E-state index contributed by atoms with van der Waals surface area (Å²) in [6.45, 7) is 2.38. The molecule has 0 saturated heterocycles. The molecule has 5 aromatic rings. The maximum Gasteiger partial charge on any atom is 0.255 e. The lowest BCUT2D eigenvalue weighted by molar-refractivity contribution is 0.102. The van der Waals surface area contributed by atoms with E-state index >= 15 is 0 Å². The van der Waals surface area contributed by atoms with Crippen molar-refractivity contribution >= 4 is 39.9 Å². The fourth-order valence-corrected chi connectivity index (χ4v) is 4.81. The lowest BCUT2D eigenvalue weighted by Gasteiger charge is -2.20. The summed E-state index contributed by atoms with van der Waals surface area (Å²) < 4.78 is 0. The highest BCUT2D eigenvalue weighted by molar-refractivity contribution is 6.30. The number of amidine groups is 1. The van der Waals surface area contributed by atoms with Gasteiger partial charge >= 0.3 is 0 Å². The first kappa shape index (κ1) is 23.9. The number of fused-ring (bicyclic) bond motifs is 1. The van der Waals surface area contributed by atoms with Crippen LogP contribution in [0.15, 0.2) is 114 Å². The predicted octanol–water partition coefficient (Wildman–Crippen LogP) is 7.07. The fourth-order valence-electron chi connectivity index (χ4n) is 4.69. The molecule has 1 aromatic heterocycles. The number of hydrogen-bond donors (Lipinski definition) is 1. The van der Waals surface area contributed by atoms with Gasteiger partial charge in [0.25, 0.3) is 5.91 Å². The fraction of sp³-hybridized carbons (Fsp3) is 0.0938. The molecule has 6 heteroatoms. The van der Waals surface area contributed by atoms with Gasteiger partial charge in [-0.1, -0.05) is 72.3 Å². The van der Waals surface area contributed by atoms with E-state index in [1.165, 1.54) is 0 Å². The molecular formula is C32H25ClN4O. The van der Waals surface area contributed by atoms with Gasteiger partial charge < -0.3 is 10.2 Å². The van der Waals surface area contributed by atoms with Crippen molar-refractivity contribution in [1.29, 1.82) is 0 Å². The standard InChI is InChI=1S/C32H25ClN4O/c33-27-13-10-23(11-14-27)22-6-8-25(9-7-22)32(38)36-28-16-17-30-26(20-28)12-15-29(35-30)21-37-19-18-34-31(37)24-4-2-1-3-5-24/h1-17,20H,18-19,21H2,(H,36,38). The Morgan fingerprint density at radius 1 is 0.816 bits per heavy atom. The molecule has 186 valence electrons. The van der Waals surface area contributed by atoms with Crippen LogP contribution in [0.1, 0.15) is 21.6 Å². The number of aromatic nitrogens is 1. The molecule has 4 aromatic carbocycles. The minimum Gasteiger partial charge on any atom is -0.349 e. The summed E-state index contributed by atoms with van der Waals surface area (Å²) in [5.41, 5.74) is 6.42. The summed E-state index contributed by atoms with van der Waals surface area (Å²) in [4.78, 5) is 24.7. The normalized spacial score (nSPS) is 13.0. The minimum absolute atomic E-state index is 0.154. The van der Waals surface area contributed by atoms with Crippen molar-refractivity contribution < 1.29 is 4.79 Å². The lowest BCUT2D eigenvalue weighted by Crippen LogP contribution is -2.28. The van der Waals surface area contributed by atoms with E-state index in [-0.39, 0.29) is 5.91 Å². The van der Waals surface area contributed by atoms with Crippen LogP contribution in [-0.4, -0.2) is 34.7 Å². The molecule has 6 rings (SSSR count). The zero-order chi connectivity index (χ0) is 25.9.